The van der Waals surface area contributed by atoms with Gasteiger partial charge >= 0.3 is 0 Å². The van der Waals surface area contributed by atoms with E-state index in [2.05, 4.69) is 20.8 Å². The highest BCUT2D eigenvalue weighted by atomic mass is 14.5. The van der Waals surface area contributed by atoms with Crippen molar-refractivity contribution in [3.05, 3.63) is 0 Å². The highest BCUT2D eigenvalue weighted by Crippen LogP contribution is 2.19. The lowest BCUT2D eigenvalue weighted by Crippen LogP contribution is -2.08. The largest absolute Gasteiger partial charge is 0.330 e. The number of hydrogen-bond acceptors (Lipinski definition) is 1. The molecule has 0 aliphatic heterocycles. The van der Waals surface area contributed by atoms with Crippen molar-refractivity contribution in [2.24, 2.45) is 11.1 Å². The summed E-state index contributed by atoms with van der Waals surface area (Å²) in [4.78, 5) is 0. The van der Waals surface area contributed by atoms with Crippen LogP contribution >= 0.6 is 0 Å². The fourth-order valence-electron chi connectivity index (χ4n) is 0.632. The summed E-state index contributed by atoms with van der Waals surface area (Å²) >= 11 is 0. The normalized spacial score (nSPS) is 10.7. The van der Waals surface area contributed by atoms with Crippen LogP contribution in [0.15, 0.2) is 0 Å². The molecule has 1 heteroatoms. The van der Waals surface area contributed by atoms with Gasteiger partial charge in [0, 0.05) is 0 Å². The molecule has 0 aromatic carbocycles. The molecule has 9 heavy (non-hydrogen) atoms. The van der Waals surface area contributed by atoms with Crippen LogP contribution < -0.4 is 5.73 Å². The first-order chi connectivity index (χ1) is 3.56. The SMILES string of the molecule is C.CC(C)(C)CCCN. The minimum atomic E-state index is 0. The monoisotopic (exact) mass is 131 g/mol. The molecule has 0 radical (unpaired) electrons. The molecule has 2 N–H and O–H groups in total. The molecule has 58 valence electrons. The third-order valence-electron chi connectivity index (χ3n) is 1.13. The Bertz CT molecular complexity index is 52.1. The minimum Gasteiger partial charge on any atom is -0.330 e. The molecular formula is C8H21N. The topological polar surface area (TPSA) is 26.0 Å². The predicted octanol–water partition coefficient (Wildman–Crippen LogP) is 2.41. The minimum absolute atomic E-state index is 0. The average molecular weight is 131 g/mol. The van der Waals surface area contributed by atoms with E-state index < -0.39 is 0 Å². The van der Waals surface area contributed by atoms with Gasteiger partial charge in [-0.1, -0.05) is 28.2 Å². The maximum atomic E-state index is 5.34. The highest BCUT2D eigenvalue weighted by molar-refractivity contribution is 4.60. The maximum absolute atomic E-state index is 5.34. The van der Waals surface area contributed by atoms with Crippen molar-refractivity contribution in [2.75, 3.05) is 6.54 Å². The van der Waals surface area contributed by atoms with Crippen LogP contribution in [0.25, 0.3) is 0 Å². The van der Waals surface area contributed by atoms with Gasteiger partial charge in [0.15, 0.2) is 0 Å². The number of hydrogen-bond donors (Lipinski definition) is 1. The molecule has 0 fully saturated rings. The van der Waals surface area contributed by atoms with Crippen molar-refractivity contribution in [2.45, 2.75) is 41.0 Å². The zero-order valence-electron chi connectivity index (χ0n) is 6.20. The Morgan fingerprint density at radius 1 is 1.22 bits per heavy atom. The molecule has 0 amide bonds. The summed E-state index contributed by atoms with van der Waals surface area (Å²) in [6, 6.07) is 0. The van der Waals surface area contributed by atoms with E-state index in [9.17, 15) is 0 Å². The first-order valence-corrected chi connectivity index (χ1v) is 3.26. The van der Waals surface area contributed by atoms with Gasteiger partial charge in [0.05, 0.1) is 0 Å². The lowest BCUT2D eigenvalue weighted by Gasteiger charge is -2.16. The van der Waals surface area contributed by atoms with E-state index in [4.69, 9.17) is 5.73 Å². The van der Waals surface area contributed by atoms with Gasteiger partial charge in [-0.15, -0.1) is 0 Å². The van der Waals surface area contributed by atoms with E-state index in [1.165, 1.54) is 6.42 Å². The Morgan fingerprint density at radius 2 is 1.67 bits per heavy atom. The van der Waals surface area contributed by atoms with Crippen LogP contribution in [-0.2, 0) is 0 Å². The van der Waals surface area contributed by atoms with E-state index in [-0.39, 0.29) is 7.43 Å². The van der Waals surface area contributed by atoms with Gasteiger partial charge in [0.1, 0.15) is 0 Å². The van der Waals surface area contributed by atoms with Crippen LogP contribution in [-0.4, -0.2) is 6.54 Å². The van der Waals surface area contributed by atoms with Crippen molar-refractivity contribution >= 4 is 0 Å². The van der Waals surface area contributed by atoms with E-state index in [0.29, 0.717) is 5.41 Å². The van der Waals surface area contributed by atoms with Crippen LogP contribution in [0.4, 0.5) is 0 Å². The molecule has 0 spiro atoms. The first kappa shape index (κ1) is 11.7. The highest BCUT2D eigenvalue weighted by Gasteiger charge is 2.07. The summed E-state index contributed by atoms with van der Waals surface area (Å²) in [6.07, 6.45) is 2.40. The Kier molecular flexibility index (Phi) is 6.25. The third kappa shape index (κ3) is 11.5. The van der Waals surface area contributed by atoms with Crippen LogP contribution in [0.5, 0.6) is 0 Å². The molecule has 0 aliphatic carbocycles. The molecule has 0 bridgehead atoms. The van der Waals surface area contributed by atoms with E-state index in [0.717, 1.165) is 13.0 Å². The van der Waals surface area contributed by atoms with Crippen LogP contribution in [0.2, 0.25) is 0 Å². The fraction of sp³-hybridized carbons (Fsp3) is 1.00. The lowest BCUT2D eigenvalue weighted by atomic mass is 9.91. The average Bonchev–Trinajstić information content (AvgIpc) is 1.59. The standard InChI is InChI=1S/C7H17N.CH4/c1-7(2,3)5-4-6-8;/h4-6,8H2,1-3H3;1H4. The van der Waals surface area contributed by atoms with Crippen LogP contribution in [0.1, 0.15) is 41.0 Å². The van der Waals surface area contributed by atoms with Crippen molar-refractivity contribution in [3.8, 4) is 0 Å². The third-order valence-corrected chi connectivity index (χ3v) is 1.13. The van der Waals surface area contributed by atoms with Gasteiger partial charge in [-0.05, 0) is 24.8 Å². The van der Waals surface area contributed by atoms with Gasteiger partial charge in [-0.2, -0.15) is 0 Å². The number of rotatable bonds is 2. The number of nitrogens with two attached hydrogens (primary N) is 1. The van der Waals surface area contributed by atoms with Crippen molar-refractivity contribution < 1.29 is 0 Å². The van der Waals surface area contributed by atoms with Gasteiger partial charge < -0.3 is 5.73 Å². The van der Waals surface area contributed by atoms with Gasteiger partial charge in [-0.3, -0.25) is 0 Å². The second kappa shape index (κ2) is 4.80. The zero-order chi connectivity index (χ0) is 6.62. The molecule has 0 aromatic heterocycles. The van der Waals surface area contributed by atoms with Gasteiger partial charge in [0.2, 0.25) is 0 Å². The Balaban J connectivity index is 0. The van der Waals surface area contributed by atoms with Crippen molar-refractivity contribution in [1.29, 1.82) is 0 Å². The first-order valence-electron chi connectivity index (χ1n) is 3.26. The zero-order valence-corrected chi connectivity index (χ0v) is 6.20. The molecule has 0 atom stereocenters. The summed E-state index contributed by atoms with van der Waals surface area (Å²) in [7, 11) is 0. The quantitative estimate of drug-likeness (QED) is 0.612. The Morgan fingerprint density at radius 3 is 1.78 bits per heavy atom. The van der Waals surface area contributed by atoms with Crippen molar-refractivity contribution in [1.82, 2.24) is 0 Å². The summed E-state index contributed by atoms with van der Waals surface area (Å²) in [5.74, 6) is 0. The molecule has 0 unspecified atom stereocenters. The van der Waals surface area contributed by atoms with Crippen molar-refractivity contribution in [3.63, 3.8) is 0 Å². The smallest absolute Gasteiger partial charge is 0.00771 e. The molecule has 0 aliphatic rings. The molecule has 0 saturated carbocycles. The lowest BCUT2D eigenvalue weighted by molar-refractivity contribution is 0.368. The summed E-state index contributed by atoms with van der Waals surface area (Å²) in [5.41, 5.74) is 5.81. The summed E-state index contributed by atoms with van der Waals surface area (Å²) in [5, 5.41) is 0. The van der Waals surface area contributed by atoms with Crippen LogP contribution in [0.3, 0.4) is 0 Å². The van der Waals surface area contributed by atoms with E-state index in [1.54, 1.807) is 0 Å². The van der Waals surface area contributed by atoms with Crippen LogP contribution in [0, 0.1) is 5.41 Å². The fourth-order valence-corrected chi connectivity index (χ4v) is 0.632. The predicted molar refractivity (Wildman–Crippen MR) is 44.5 cm³/mol. The molecule has 0 heterocycles. The molecule has 0 rings (SSSR count). The Hall–Kier alpha value is -0.0400. The second-order valence-electron chi connectivity index (χ2n) is 3.45. The maximum Gasteiger partial charge on any atom is -0.00771 e. The summed E-state index contributed by atoms with van der Waals surface area (Å²) in [6.45, 7) is 7.55. The molecular weight excluding hydrogens is 110 g/mol. The van der Waals surface area contributed by atoms with E-state index in [1.807, 2.05) is 0 Å². The molecule has 0 saturated heterocycles. The van der Waals surface area contributed by atoms with Gasteiger partial charge in [-0.25, -0.2) is 0 Å². The molecule has 0 aromatic rings. The molecule has 1 nitrogen and oxygen atoms in total. The summed E-state index contributed by atoms with van der Waals surface area (Å²) < 4.78 is 0. The Labute approximate surface area is 59.6 Å². The van der Waals surface area contributed by atoms with E-state index >= 15 is 0 Å². The van der Waals surface area contributed by atoms with Gasteiger partial charge in [0.25, 0.3) is 0 Å². The second-order valence-corrected chi connectivity index (χ2v) is 3.45.